The Labute approximate surface area is 145 Å². The topological polar surface area (TPSA) is 75.7 Å². The molecule has 0 heterocycles. The highest BCUT2D eigenvalue weighted by atomic mass is 32.2. The molecular weight excluding hydrogens is 328 g/mol. The van der Waals surface area contributed by atoms with E-state index in [9.17, 15) is 13.2 Å². The molecule has 0 saturated heterocycles. The SMILES string of the molecule is COc1ccc(CCNC(=O)CN(CCC(C)C)S(C)(=O)=O)cc1. The summed E-state index contributed by atoms with van der Waals surface area (Å²) in [5.41, 5.74) is 1.08. The Balaban J connectivity index is 2.44. The molecule has 1 rings (SSSR count). The summed E-state index contributed by atoms with van der Waals surface area (Å²) in [6, 6.07) is 7.62. The van der Waals surface area contributed by atoms with E-state index >= 15 is 0 Å². The average molecular weight is 356 g/mol. The van der Waals surface area contributed by atoms with E-state index in [-0.39, 0.29) is 12.5 Å². The molecule has 1 N–H and O–H groups in total. The minimum atomic E-state index is -3.38. The van der Waals surface area contributed by atoms with Crippen LogP contribution in [0.3, 0.4) is 0 Å². The first-order chi connectivity index (χ1) is 11.2. The molecule has 24 heavy (non-hydrogen) atoms. The van der Waals surface area contributed by atoms with Crippen molar-refractivity contribution in [2.75, 3.05) is 33.0 Å². The second-order valence-corrected chi connectivity index (χ2v) is 8.21. The van der Waals surface area contributed by atoms with Crippen LogP contribution < -0.4 is 10.1 Å². The Bertz CT molecular complexity index is 612. The van der Waals surface area contributed by atoms with Crippen molar-refractivity contribution in [2.45, 2.75) is 26.7 Å². The summed E-state index contributed by atoms with van der Waals surface area (Å²) in [7, 11) is -1.77. The lowest BCUT2D eigenvalue weighted by Crippen LogP contribution is -2.41. The summed E-state index contributed by atoms with van der Waals surface area (Å²) < 4.78 is 29.9. The summed E-state index contributed by atoms with van der Waals surface area (Å²) >= 11 is 0. The smallest absolute Gasteiger partial charge is 0.235 e. The van der Waals surface area contributed by atoms with Crippen LogP contribution in [0, 0.1) is 5.92 Å². The molecule has 1 aromatic carbocycles. The van der Waals surface area contributed by atoms with Gasteiger partial charge in [0.15, 0.2) is 0 Å². The zero-order valence-corrected chi connectivity index (χ0v) is 15.7. The zero-order chi connectivity index (χ0) is 18.2. The van der Waals surface area contributed by atoms with E-state index in [4.69, 9.17) is 4.74 Å². The third-order valence-electron chi connectivity index (χ3n) is 3.64. The standard InChI is InChI=1S/C17H28N2O4S/c1-14(2)10-12-19(24(4,21)22)13-17(20)18-11-9-15-5-7-16(23-3)8-6-15/h5-8,14H,9-13H2,1-4H3,(H,18,20). The Morgan fingerprint density at radius 1 is 1.25 bits per heavy atom. The maximum absolute atomic E-state index is 12.0. The van der Waals surface area contributed by atoms with Gasteiger partial charge in [-0.25, -0.2) is 8.42 Å². The van der Waals surface area contributed by atoms with Crippen LogP contribution in [0.15, 0.2) is 24.3 Å². The lowest BCUT2D eigenvalue weighted by atomic mass is 10.1. The van der Waals surface area contributed by atoms with Gasteiger partial charge in [-0.3, -0.25) is 4.79 Å². The van der Waals surface area contributed by atoms with Crippen LogP contribution in [-0.4, -0.2) is 51.6 Å². The van der Waals surface area contributed by atoms with Crippen LogP contribution in [0.2, 0.25) is 0 Å². The monoisotopic (exact) mass is 356 g/mol. The van der Waals surface area contributed by atoms with Crippen molar-refractivity contribution in [2.24, 2.45) is 5.92 Å². The number of sulfonamides is 1. The van der Waals surface area contributed by atoms with Gasteiger partial charge in [-0.05, 0) is 36.5 Å². The highest BCUT2D eigenvalue weighted by Crippen LogP contribution is 2.11. The third kappa shape index (κ3) is 7.79. The van der Waals surface area contributed by atoms with E-state index in [0.717, 1.165) is 24.0 Å². The van der Waals surface area contributed by atoms with Crippen LogP contribution in [0.25, 0.3) is 0 Å². The summed E-state index contributed by atoms with van der Waals surface area (Å²) in [6.07, 6.45) is 2.55. The van der Waals surface area contributed by atoms with Crippen molar-refractivity contribution in [3.05, 3.63) is 29.8 Å². The number of ether oxygens (including phenoxy) is 1. The molecule has 0 atom stereocenters. The van der Waals surface area contributed by atoms with Crippen LogP contribution >= 0.6 is 0 Å². The first-order valence-corrected chi connectivity index (χ1v) is 9.92. The van der Waals surface area contributed by atoms with Gasteiger partial charge in [0.05, 0.1) is 19.9 Å². The van der Waals surface area contributed by atoms with Gasteiger partial charge in [0.25, 0.3) is 0 Å². The lowest BCUT2D eigenvalue weighted by Gasteiger charge is -2.20. The fraction of sp³-hybridized carbons (Fsp3) is 0.588. The molecule has 7 heteroatoms. The third-order valence-corrected chi connectivity index (χ3v) is 4.89. The van der Waals surface area contributed by atoms with Crippen LogP contribution in [0.1, 0.15) is 25.8 Å². The predicted molar refractivity (Wildman–Crippen MR) is 95.6 cm³/mol. The number of hydrogen-bond acceptors (Lipinski definition) is 4. The second kappa shape index (κ2) is 9.64. The van der Waals surface area contributed by atoms with Gasteiger partial charge in [0.1, 0.15) is 5.75 Å². The maximum Gasteiger partial charge on any atom is 0.235 e. The maximum atomic E-state index is 12.0. The van der Waals surface area contributed by atoms with Crippen molar-refractivity contribution in [1.29, 1.82) is 0 Å². The first-order valence-electron chi connectivity index (χ1n) is 8.07. The fourth-order valence-electron chi connectivity index (χ4n) is 2.12. The predicted octanol–water partition coefficient (Wildman–Crippen LogP) is 1.66. The highest BCUT2D eigenvalue weighted by molar-refractivity contribution is 7.88. The molecule has 0 aliphatic rings. The number of nitrogens with one attached hydrogen (secondary N) is 1. The van der Waals surface area contributed by atoms with E-state index < -0.39 is 10.0 Å². The Hall–Kier alpha value is -1.60. The molecule has 136 valence electrons. The molecule has 0 fully saturated rings. The molecule has 0 unspecified atom stereocenters. The number of hydrogen-bond donors (Lipinski definition) is 1. The quantitative estimate of drug-likeness (QED) is 0.692. The van der Waals surface area contributed by atoms with Gasteiger partial charge < -0.3 is 10.1 Å². The molecule has 0 aliphatic heterocycles. The fourth-order valence-corrected chi connectivity index (χ4v) is 2.91. The Morgan fingerprint density at radius 3 is 2.38 bits per heavy atom. The molecule has 1 aromatic rings. The number of carbonyl (C=O) groups is 1. The molecule has 0 bridgehead atoms. The molecule has 0 saturated carbocycles. The number of rotatable bonds is 10. The van der Waals surface area contributed by atoms with Crippen molar-refractivity contribution in [1.82, 2.24) is 9.62 Å². The summed E-state index contributed by atoms with van der Waals surface area (Å²) in [6.45, 7) is 4.74. The molecule has 1 amide bonds. The van der Waals surface area contributed by atoms with E-state index in [2.05, 4.69) is 5.32 Å². The van der Waals surface area contributed by atoms with Gasteiger partial charge in [0, 0.05) is 13.1 Å². The van der Waals surface area contributed by atoms with Crippen LogP contribution in [-0.2, 0) is 21.2 Å². The van der Waals surface area contributed by atoms with Gasteiger partial charge in [-0.2, -0.15) is 4.31 Å². The van der Waals surface area contributed by atoms with Crippen LogP contribution in [0.5, 0.6) is 5.75 Å². The average Bonchev–Trinajstić information content (AvgIpc) is 2.50. The number of benzene rings is 1. The summed E-state index contributed by atoms with van der Waals surface area (Å²) in [4.78, 5) is 12.0. The molecule has 0 aromatic heterocycles. The number of amides is 1. The van der Waals surface area contributed by atoms with E-state index in [1.807, 2.05) is 38.1 Å². The molecule has 0 spiro atoms. The van der Waals surface area contributed by atoms with E-state index in [1.54, 1.807) is 7.11 Å². The van der Waals surface area contributed by atoms with Crippen molar-refractivity contribution in [3.8, 4) is 5.75 Å². The minimum absolute atomic E-state index is 0.131. The Morgan fingerprint density at radius 2 is 1.88 bits per heavy atom. The van der Waals surface area contributed by atoms with Gasteiger partial charge in [-0.1, -0.05) is 26.0 Å². The van der Waals surface area contributed by atoms with E-state index in [1.165, 1.54) is 4.31 Å². The van der Waals surface area contributed by atoms with Crippen molar-refractivity contribution < 1.29 is 17.9 Å². The lowest BCUT2D eigenvalue weighted by molar-refractivity contribution is -0.121. The van der Waals surface area contributed by atoms with Crippen LogP contribution in [0.4, 0.5) is 0 Å². The Kier molecular flexibility index (Phi) is 8.21. The van der Waals surface area contributed by atoms with Gasteiger partial charge in [0.2, 0.25) is 15.9 Å². The molecular formula is C17H28N2O4S. The molecule has 0 radical (unpaired) electrons. The largest absolute Gasteiger partial charge is 0.497 e. The van der Waals surface area contributed by atoms with Crippen molar-refractivity contribution >= 4 is 15.9 Å². The number of carbonyl (C=O) groups excluding carboxylic acids is 1. The van der Waals surface area contributed by atoms with Crippen molar-refractivity contribution in [3.63, 3.8) is 0 Å². The van der Waals surface area contributed by atoms with E-state index in [0.29, 0.717) is 25.4 Å². The molecule has 0 aliphatic carbocycles. The zero-order valence-electron chi connectivity index (χ0n) is 14.9. The number of nitrogens with zero attached hydrogens (tertiary/aromatic N) is 1. The summed E-state index contributed by atoms with van der Waals surface area (Å²) in [5, 5.41) is 2.77. The first kappa shape index (κ1) is 20.4. The molecule has 6 nitrogen and oxygen atoms in total. The minimum Gasteiger partial charge on any atom is -0.497 e. The summed E-state index contributed by atoms with van der Waals surface area (Å²) in [5.74, 6) is 0.891. The van der Waals surface area contributed by atoms with Gasteiger partial charge >= 0.3 is 0 Å². The highest BCUT2D eigenvalue weighted by Gasteiger charge is 2.19. The second-order valence-electron chi connectivity index (χ2n) is 6.23. The number of methoxy groups -OCH3 is 1. The van der Waals surface area contributed by atoms with Gasteiger partial charge in [-0.15, -0.1) is 0 Å². The normalized spacial score (nSPS) is 11.8.